The number of hydrogen-bond acceptors (Lipinski definition) is 4. The van der Waals surface area contributed by atoms with Gasteiger partial charge in [0.1, 0.15) is 6.04 Å². The van der Waals surface area contributed by atoms with E-state index in [0.717, 1.165) is 0 Å². The van der Waals surface area contributed by atoms with Crippen molar-refractivity contribution in [3.8, 4) is 0 Å². The molecule has 0 radical (unpaired) electrons. The van der Waals surface area contributed by atoms with Crippen LogP contribution in [-0.2, 0) is 16.0 Å². The molecule has 17 heavy (non-hydrogen) atoms. The van der Waals surface area contributed by atoms with Crippen LogP contribution in [0.5, 0.6) is 0 Å². The minimum atomic E-state index is -1.15. The largest absolute Gasteiger partial charge is 0.478 e. The topological polar surface area (TPSA) is 89.6 Å². The van der Waals surface area contributed by atoms with Gasteiger partial charge in [0.25, 0.3) is 0 Å². The first kappa shape index (κ1) is 13.5. The van der Waals surface area contributed by atoms with E-state index in [4.69, 9.17) is 22.4 Å². The molecule has 0 aliphatic heterocycles. The number of carbonyl (C=O) groups excluding carboxylic acids is 1. The van der Waals surface area contributed by atoms with Crippen LogP contribution in [0.4, 0.5) is 0 Å². The van der Waals surface area contributed by atoms with E-state index < -0.39 is 18.0 Å². The third-order valence-electron chi connectivity index (χ3n) is 2.26. The third kappa shape index (κ3) is 3.18. The SMILES string of the molecule is COC(=O)[C@@H](N)Cc1cccc(Cl)c1C(=O)O. The Bertz CT molecular complexity index is 447. The van der Waals surface area contributed by atoms with Gasteiger partial charge in [0.2, 0.25) is 0 Å². The maximum Gasteiger partial charge on any atom is 0.337 e. The molecular formula is C11H12ClNO4. The summed E-state index contributed by atoms with van der Waals surface area (Å²) in [7, 11) is 1.22. The predicted molar refractivity (Wildman–Crippen MR) is 62.1 cm³/mol. The lowest BCUT2D eigenvalue weighted by atomic mass is 10.0. The maximum atomic E-state index is 11.2. The van der Waals surface area contributed by atoms with Crippen LogP contribution in [0.15, 0.2) is 18.2 Å². The molecule has 0 saturated heterocycles. The van der Waals surface area contributed by atoms with Crippen molar-refractivity contribution in [1.29, 1.82) is 0 Å². The van der Waals surface area contributed by atoms with Crippen LogP contribution in [0.25, 0.3) is 0 Å². The fourth-order valence-electron chi connectivity index (χ4n) is 1.45. The van der Waals surface area contributed by atoms with Crippen molar-refractivity contribution in [2.24, 2.45) is 5.73 Å². The van der Waals surface area contributed by atoms with Crippen LogP contribution in [0.3, 0.4) is 0 Å². The molecule has 0 aliphatic rings. The zero-order valence-electron chi connectivity index (χ0n) is 9.14. The lowest BCUT2D eigenvalue weighted by Crippen LogP contribution is -2.34. The smallest absolute Gasteiger partial charge is 0.337 e. The molecule has 0 bridgehead atoms. The van der Waals surface area contributed by atoms with Crippen molar-refractivity contribution in [1.82, 2.24) is 0 Å². The zero-order valence-corrected chi connectivity index (χ0v) is 9.90. The van der Waals surface area contributed by atoms with Gasteiger partial charge >= 0.3 is 11.9 Å². The molecule has 92 valence electrons. The summed E-state index contributed by atoms with van der Waals surface area (Å²) in [6.45, 7) is 0. The first-order valence-corrected chi connectivity index (χ1v) is 5.19. The molecule has 1 atom stereocenters. The van der Waals surface area contributed by atoms with Crippen molar-refractivity contribution in [2.45, 2.75) is 12.5 Å². The van der Waals surface area contributed by atoms with Gasteiger partial charge in [0.05, 0.1) is 17.7 Å². The van der Waals surface area contributed by atoms with E-state index in [-0.39, 0.29) is 17.0 Å². The number of esters is 1. The molecule has 0 spiro atoms. The summed E-state index contributed by atoms with van der Waals surface area (Å²) in [6, 6.07) is 3.74. The lowest BCUT2D eigenvalue weighted by molar-refractivity contribution is -0.142. The van der Waals surface area contributed by atoms with Crippen LogP contribution in [0.1, 0.15) is 15.9 Å². The van der Waals surface area contributed by atoms with Gasteiger partial charge in [-0.2, -0.15) is 0 Å². The van der Waals surface area contributed by atoms with E-state index in [9.17, 15) is 9.59 Å². The molecule has 0 heterocycles. The van der Waals surface area contributed by atoms with Crippen LogP contribution >= 0.6 is 11.6 Å². The number of halogens is 1. The highest BCUT2D eigenvalue weighted by molar-refractivity contribution is 6.33. The second-order valence-electron chi connectivity index (χ2n) is 3.41. The number of benzene rings is 1. The average molecular weight is 258 g/mol. The third-order valence-corrected chi connectivity index (χ3v) is 2.57. The zero-order chi connectivity index (χ0) is 13.0. The summed E-state index contributed by atoms with van der Waals surface area (Å²) in [5.41, 5.74) is 5.94. The molecule has 0 fully saturated rings. The maximum absolute atomic E-state index is 11.2. The summed E-state index contributed by atoms with van der Waals surface area (Å²) in [5, 5.41) is 9.13. The molecular weight excluding hydrogens is 246 g/mol. The van der Waals surface area contributed by atoms with Crippen LogP contribution < -0.4 is 5.73 Å². The number of ether oxygens (including phenoxy) is 1. The van der Waals surface area contributed by atoms with Gasteiger partial charge in [-0.25, -0.2) is 4.79 Å². The number of aromatic carboxylic acids is 1. The molecule has 1 aromatic rings. The van der Waals surface area contributed by atoms with Crippen molar-refractivity contribution >= 4 is 23.5 Å². The Hall–Kier alpha value is -1.59. The number of carboxylic acid groups (broad SMARTS) is 1. The molecule has 0 saturated carbocycles. The van der Waals surface area contributed by atoms with Gasteiger partial charge in [-0.1, -0.05) is 23.7 Å². The van der Waals surface area contributed by atoms with Gasteiger partial charge in [0.15, 0.2) is 0 Å². The number of hydrogen-bond donors (Lipinski definition) is 2. The van der Waals surface area contributed by atoms with Crippen molar-refractivity contribution in [2.75, 3.05) is 7.11 Å². The molecule has 1 aromatic carbocycles. The Kier molecular flexibility index (Phi) is 4.48. The first-order valence-electron chi connectivity index (χ1n) is 4.81. The van der Waals surface area contributed by atoms with E-state index in [1.807, 2.05) is 0 Å². The Labute approximate surface area is 103 Å². The Morgan fingerprint density at radius 3 is 2.71 bits per heavy atom. The highest BCUT2D eigenvalue weighted by Crippen LogP contribution is 2.21. The number of rotatable bonds is 4. The van der Waals surface area contributed by atoms with Gasteiger partial charge in [0, 0.05) is 0 Å². The van der Waals surface area contributed by atoms with E-state index in [2.05, 4.69) is 4.74 Å². The fraction of sp³-hybridized carbons (Fsp3) is 0.273. The van der Waals surface area contributed by atoms with Gasteiger partial charge in [-0.3, -0.25) is 4.79 Å². The Morgan fingerprint density at radius 1 is 1.53 bits per heavy atom. The highest BCUT2D eigenvalue weighted by Gasteiger charge is 2.20. The van der Waals surface area contributed by atoms with Crippen molar-refractivity contribution in [3.05, 3.63) is 34.3 Å². The van der Waals surface area contributed by atoms with E-state index in [1.165, 1.54) is 13.2 Å². The van der Waals surface area contributed by atoms with Crippen LogP contribution in [-0.4, -0.2) is 30.2 Å². The first-order chi connectivity index (χ1) is 7.97. The molecule has 1 rings (SSSR count). The average Bonchev–Trinajstić information content (AvgIpc) is 2.27. The van der Waals surface area contributed by atoms with Gasteiger partial charge in [-0.05, 0) is 18.1 Å². The number of carbonyl (C=O) groups is 2. The molecule has 0 aromatic heterocycles. The number of methoxy groups -OCH3 is 1. The second-order valence-corrected chi connectivity index (χ2v) is 3.82. The lowest BCUT2D eigenvalue weighted by Gasteiger charge is -2.12. The van der Waals surface area contributed by atoms with Gasteiger partial charge < -0.3 is 15.6 Å². The number of carboxylic acids is 1. The van der Waals surface area contributed by atoms with Crippen LogP contribution in [0, 0.1) is 0 Å². The summed E-state index contributed by atoms with van der Waals surface area (Å²) in [4.78, 5) is 22.2. The highest BCUT2D eigenvalue weighted by atomic mass is 35.5. The van der Waals surface area contributed by atoms with Gasteiger partial charge in [-0.15, -0.1) is 0 Å². The quantitative estimate of drug-likeness (QED) is 0.788. The predicted octanol–water partition coefficient (Wildman–Crippen LogP) is 1.08. The molecule has 6 heteroatoms. The minimum Gasteiger partial charge on any atom is -0.478 e. The van der Waals surface area contributed by atoms with E-state index in [0.29, 0.717) is 5.56 Å². The second kappa shape index (κ2) is 5.65. The molecule has 5 nitrogen and oxygen atoms in total. The summed E-state index contributed by atoms with van der Waals surface area (Å²) in [5.74, 6) is -1.75. The molecule has 0 unspecified atom stereocenters. The Balaban J connectivity index is 3.02. The summed E-state index contributed by atoms with van der Waals surface area (Å²) < 4.78 is 4.47. The molecule has 3 N–H and O–H groups in total. The van der Waals surface area contributed by atoms with Crippen molar-refractivity contribution < 1.29 is 19.4 Å². The van der Waals surface area contributed by atoms with E-state index >= 15 is 0 Å². The molecule has 0 amide bonds. The normalized spacial score (nSPS) is 11.9. The fourth-order valence-corrected chi connectivity index (χ4v) is 1.72. The van der Waals surface area contributed by atoms with E-state index in [1.54, 1.807) is 12.1 Å². The Morgan fingerprint density at radius 2 is 2.18 bits per heavy atom. The summed E-state index contributed by atoms with van der Waals surface area (Å²) >= 11 is 5.78. The van der Waals surface area contributed by atoms with Crippen molar-refractivity contribution in [3.63, 3.8) is 0 Å². The standard InChI is InChI=1S/C11H12ClNO4/c1-17-11(16)8(13)5-6-3-2-4-7(12)9(6)10(14)15/h2-4,8H,5,13H2,1H3,(H,14,15)/t8-/m0/s1. The number of nitrogens with two attached hydrogens (primary N) is 1. The summed E-state index contributed by atoms with van der Waals surface area (Å²) in [6.07, 6.45) is 0.0644. The molecule has 0 aliphatic carbocycles. The minimum absolute atomic E-state index is 0.0338. The van der Waals surface area contributed by atoms with Crippen LogP contribution in [0.2, 0.25) is 5.02 Å². The monoisotopic (exact) mass is 257 g/mol.